The van der Waals surface area contributed by atoms with E-state index in [0.29, 0.717) is 22.9 Å². The molecule has 3 rings (SSSR count). The number of ether oxygens (including phenoxy) is 2. The minimum atomic E-state index is -0.499. The molecular weight excluding hydrogens is 358 g/mol. The number of hydrogen-bond acceptors (Lipinski definition) is 6. The van der Waals surface area contributed by atoms with Crippen LogP contribution in [-0.4, -0.2) is 24.0 Å². The van der Waals surface area contributed by atoms with Crippen LogP contribution in [0.5, 0.6) is 0 Å². The molecule has 6 heteroatoms. The summed E-state index contributed by atoms with van der Waals surface area (Å²) in [7, 11) is 1.32. The molecule has 0 saturated carbocycles. The van der Waals surface area contributed by atoms with Crippen molar-refractivity contribution in [3.05, 3.63) is 83.3 Å². The van der Waals surface area contributed by atoms with E-state index in [9.17, 15) is 9.59 Å². The monoisotopic (exact) mass is 377 g/mol. The van der Waals surface area contributed by atoms with Crippen molar-refractivity contribution in [2.75, 3.05) is 7.11 Å². The van der Waals surface area contributed by atoms with Gasteiger partial charge in [-0.25, -0.2) is 14.6 Å². The van der Waals surface area contributed by atoms with Gasteiger partial charge in [0.1, 0.15) is 18.1 Å². The molecule has 0 aliphatic carbocycles. The number of hydrogen-bond donors (Lipinski definition) is 0. The number of carbonyl (C=O) groups excluding carboxylic acids is 2. The summed E-state index contributed by atoms with van der Waals surface area (Å²) in [5, 5.41) is 0. The lowest BCUT2D eigenvalue weighted by molar-refractivity contribution is -0.139. The standard InChI is InChI=1S/C22H19NO5/c1-15-19(23-21(28-15)17-6-4-3-5-7-17)14-27-20(24)13-10-16-8-11-18(12-9-16)22(25)26-2/h3-13H,14H2,1-2H3/b13-10+. The average Bonchev–Trinajstić information content (AvgIpc) is 3.11. The third kappa shape index (κ3) is 4.73. The Morgan fingerprint density at radius 3 is 2.46 bits per heavy atom. The van der Waals surface area contributed by atoms with Gasteiger partial charge in [0.2, 0.25) is 5.89 Å². The lowest BCUT2D eigenvalue weighted by Gasteiger charge is -2.00. The van der Waals surface area contributed by atoms with E-state index in [1.807, 2.05) is 30.3 Å². The average molecular weight is 377 g/mol. The summed E-state index contributed by atoms with van der Waals surface area (Å²) in [6.45, 7) is 1.80. The van der Waals surface area contributed by atoms with Gasteiger partial charge in [0.25, 0.3) is 0 Å². The van der Waals surface area contributed by atoms with E-state index >= 15 is 0 Å². The Labute approximate surface area is 162 Å². The molecule has 0 N–H and O–H groups in total. The van der Waals surface area contributed by atoms with Crippen LogP contribution in [0.3, 0.4) is 0 Å². The van der Waals surface area contributed by atoms with Crippen LogP contribution in [-0.2, 0) is 20.9 Å². The van der Waals surface area contributed by atoms with Crippen LogP contribution >= 0.6 is 0 Å². The highest BCUT2D eigenvalue weighted by molar-refractivity contribution is 5.90. The van der Waals surface area contributed by atoms with Gasteiger partial charge in [0.15, 0.2) is 0 Å². The highest BCUT2D eigenvalue weighted by Gasteiger charge is 2.12. The molecule has 2 aromatic carbocycles. The fourth-order valence-electron chi connectivity index (χ4n) is 2.47. The zero-order chi connectivity index (χ0) is 19.9. The summed E-state index contributed by atoms with van der Waals surface area (Å²) in [5.41, 5.74) is 2.63. The number of rotatable bonds is 6. The smallest absolute Gasteiger partial charge is 0.337 e. The van der Waals surface area contributed by atoms with Gasteiger partial charge < -0.3 is 13.9 Å². The molecule has 1 aromatic heterocycles. The molecule has 1 heterocycles. The van der Waals surface area contributed by atoms with Crippen LogP contribution in [0.25, 0.3) is 17.5 Å². The van der Waals surface area contributed by atoms with E-state index in [-0.39, 0.29) is 6.61 Å². The van der Waals surface area contributed by atoms with Gasteiger partial charge in [-0.2, -0.15) is 0 Å². The molecule has 0 fully saturated rings. The lowest BCUT2D eigenvalue weighted by atomic mass is 10.1. The van der Waals surface area contributed by atoms with E-state index in [0.717, 1.165) is 11.1 Å². The molecule has 0 radical (unpaired) electrons. The van der Waals surface area contributed by atoms with Crippen LogP contribution in [0.4, 0.5) is 0 Å². The first-order chi connectivity index (χ1) is 13.6. The lowest BCUT2D eigenvalue weighted by Crippen LogP contribution is -2.02. The number of methoxy groups -OCH3 is 1. The van der Waals surface area contributed by atoms with Crippen molar-refractivity contribution in [3.8, 4) is 11.5 Å². The largest absolute Gasteiger partial charge is 0.465 e. The highest BCUT2D eigenvalue weighted by Crippen LogP contribution is 2.21. The van der Waals surface area contributed by atoms with Crippen molar-refractivity contribution < 1.29 is 23.5 Å². The van der Waals surface area contributed by atoms with E-state index in [2.05, 4.69) is 9.72 Å². The SMILES string of the molecule is COC(=O)c1ccc(/C=C/C(=O)OCc2nc(-c3ccccc3)oc2C)cc1. The Hall–Kier alpha value is -3.67. The predicted molar refractivity (Wildman–Crippen MR) is 103 cm³/mol. The Morgan fingerprint density at radius 2 is 1.79 bits per heavy atom. The van der Waals surface area contributed by atoms with E-state index in [1.165, 1.54) is 13.2 Å². The van der Waals surface area contributed by atoms with Crippen LogP contribution in [0.2, 0.25) is 0 Å². The van der Waals surface area contributed by atoms with Crippen molar-refractivity contribution in [1.82, 2.24) is 4.98 Å². The number of benzene rings is 2. The van der Waals surface area contributed by atoms with Crippen LogP contribution < -0.4 is 0 Å². The van der Waals surface area contributed by atoms with Crippen LogP contribution in [0, 0.1) is 6.92 Å². The van der Waals surface area contributed by atoms with E-state index in [1.54, 1.807) is 37.3 Å². The van der Waals surface area contributed by atoms with Gasteiger partial charge in [-0.3, -0.25) is 0 Å². The van der Waals surface area contributed by atoms with Gasteiger partial charge in [-0.05, 0) is 42.8 Å². The second-order valence-electron chi connectivity index (χ2n) is 5.94. The number of nitrogens with zero attached hydrogens (tertiary/aromatic N) is 1. The Morgan fingerprint density at radius 1 is 1.07 bits per heavy atom. The number of oxazole rings is 1. The molecule has 0 atom stereocenters. The maximum Gasteiger partial charge on any atom is 0.337 e. The molecule has 0 aliphatic rings. The fourth-order valence-corrected chi connectivity index (χ4v) is 2.47. The Balaban J connectivity index is 1.58. The molecule has 3 aromatic rings. The van der Waals surface area contributed by atoms with Crippen molar-refractivity contribution in [1.29, 1.82) is 0 Å². The van der Waals surface area contributed by atoms with Crippen molar-refractivity contribution in [3.63, 3.8) is 0 Å². The molecule has 6 nitrogen and oxygen atoms in total. The van der Waals surface area contributed by atoms with Crippen molar-refractivity contribution in [2.45, 2.75) is 13.5 Å². The van der Waals surface area contributed by atoms with Crippen molar-refractivity contribution in [2.24, 2.45) is 0 Å². The zero-order valence-electron chi connectivity index (χ0n) is 15.5. The molecule has 28 heavy (non-hydrogen) atoms. The van der Waals surface area contributed by atoms with E-state index < -0.39 is 11.9 Å². The molecule has 142 valence electrons. The van der Waals surface area contributed by atoms with Crippen molar-refractivity contribution >= 4 is 18.0 Å². The van der Waals surface area contributed by atoms with E-state index in [4.69, 9.17) is 9.15 Å². The Kier molecular flexibility index (Phi) is 6.01. The van der Waals surface area contributed by atoms with Gasteiger partial charge in [-0.1, -0.05) is 30.3 Å². The molecule has 0 unspecified atom stereocenters. The first kappa shape index (κ1) is 19.1. The Bertz CT molecular complexity index is 988. The number of aromatic nitrogens is 1. The topological polar surface area (TPSA) is 78.6 Å². The first-order valence-electron chi connectivity index (χ1n) is 8.62. The molecule has 0 spiro atoms. The third-order valence-corrected chi connectivity index (χ3v) is 4.01. The van der Waals surface area contributed by atoms with Gasteiger partial charge in [0, 0.05) is 11.6 Å². The second-order valence-corrected chi connectivity index (χ2v) is 5.94. The normalized spacial score (nSPS) is 10.8. The zero-order valence-corrected chi connectivity index (χ0v) is 15.5. The molecule has 0 aliphatic heterocycles. The quantitative estimate of drug-likeness (QED) is 0.473. The minimum Gasteiger partial charge on any atom is -0.465 e. The third-order valence-electron chi connectivity index (χ3n) is 4.01. The number of carbonyl (C=O) groups is 2. The summed E-state index contributed by atoms with van der Waals surface area (Å²) >= 11 is 0. The summed E-state index contributed by atoms with van der Waals surface area (Å²) in [4.78, 5) is 27.8. The van der Waals surface area contributed by atoms with Crippen LogP contribution in [0.15, 0.2) is 65.1 Å². The molecule has 0 saturated heterocycles. The summed E-state index contributed by atoms with van der Waals surface area (Å²) in [6.07, 6.45) is 2.93. The first-order valence-corrected chi connectivity index (χ1v) is 8.62. The maximum atomic E-state index is 12.0. The fraction of sp³-hybridized carbons (Fsp3) is 0.136. The molecular formula is C22H19NO5. The summed E-state index contributed by atoms with van der Waals surface area (Å²) in [6, 6.07) is 16.2. The minimum absolute atomic E-state index is 0.0205. The van der Waals surface area contributed by atoms with Crippen LogP contribution in [0.1, 0.15) is 27.4 Å². The maximum absolute atomic E-state index is 12.0. The number of aryl methyl sites for hydroxylation is 1. The predicted octanol–water partition coefficient (Wildman–Crippen LogP) is 4.19. The highest BCUT2D eigenvalue weighted by atomic mass is 16.5. The molecule has 0 bridgehead atoms. The second kappa shape index (κ2) is 8.81. The number of esters is 2. The van der Waals surface area contributed by atoms with Gasteiger partial charge >= 0.3 is 11.9 Å². The molecule has 0 amide bonds. The summed E-state index contributed by atoms with van der Waals surface area (Å²) in [5.74, 6) is 0.188. The summed E-state index contributed by atoms with van der Waals surface area (Å²) < 4.78 is 15.5. The van der Waals surface area contributed by atoms with Gasteiger partial charge in [0.05, 0.1) is 12.7 Å². The van der Waals surface area contributed by atoms with Gasteiger partial charge in [-0.15, -0.1) is 0 Å².